The van der Waals surface area contributed by atoms with Crippen molar-refractivity contribution in [1.29, 1.82) is 0 Å². The molecule has 0 aliphatic carbocycles. The lowest BCUT2D eigenvalue weighted by Gasteiger charge is -2.35. The van der Waals surface area contributed by atoms with Crippen LogP contribution in [0, 0.1) is 0 Å². The number of hydrogen-bond acceptors (Lipinski definition) is 8. The molecular formula is C19H21N5O4. The maximum absolute atomic E-state index is 12.5. The summed E-state index contributed by atoms with van der Waals surface area (Å²) in [5, 5.41) is 0.531. The number of benzene rings is 1. The summed E-state index contributed by atoms with van der Waals surface area (Å²) < 4.78 is 5.48. The van der Waals surface area contributed by atoms with Crippen LogP contribution in [-0.4, -0.2) is 72.2 Å². The lowest BCUT2D eigenvalue weighted by molar-refractivity contribution is -0.141. The van der Waals surface area contributed by atoms with E-state index in [1.165, 1.54) is 6.07 Å². The van der Waals surface area contributed by atoms with Crippen molar-refractivity contribution in [1.82, 2.24) is 14.9 Å². The number of nitrogens with zero attached hydrogens (tertiary/aromatic N) is 4. The molecule has 28 heavy (non-hydrogen) atoms. The Kier molecular flexibility index (Phi) is 4.91. The molecule has 146 valence electrons. The molecule has 3 heterocycles. The third-order valence-corrected chi connectivity index (χ3v) is 5.25. The van der Waals surface area contributed by atoms with Crippen LogP contribution in [-0.2, 0) is 9.53 Å². The van der Waals surface area contributed by atoms with Gasteiger partial charge in [0.2, 0.25) is 5.95 Å². The smallest absolute Gasteiger partial charge is 0.251 e. The van der Waals surface area contributed by atoms with Crippen LogP contribution in [0.15, 0.2) is 12.1 Å². The number of hydrogen-bond donors (Lipinski definition) is 1. The van der Waals surface area contributed by atoms with Crippen LogP contribution in [0.3, 0.4) is 0 Å². The number of fused-ring (bicyclic) bond motifs is 1. The number of aromatic nitrogens is 2. The number of anilines is 2. The molecule has 2 saturated heterocycles. The Morgan fingerprint density at radius 3 is 2.46 bits per heavy atom. The Labute approximate surface area is 161 Å². The quantitative estimate of drug-likeness (QED) is 0.765. The normalized spacial score (nSPS) is 19.8. The van der Waals surface area contributed by atoms with Crippen molar-refractivity contribution in [3.63, 3.8) is 0 Å². The lowest BCUT2D eigenvalue weighted by atomic mass is 10.1. The molecule has 2 aliphatic heterocycles. The van der Waals surface area contributed by atoms with Crippen LogP contribution < -0.4 is 10.6 Å². The molecule has 0 saturated carbocycles. The Morgan fingerprint density at radius 1 is 1.11 bits per heavy atom. The number of carbonyl (C=O) groups is 3. The summed E-state index contributed by atoms with van der Waals surface area (Å²) in [4.78, 5) is 47.5. The molecule has 2 aromatic rings. The van der Waals surface area contributed by atoms with Crippen LogP contribution in [0.2, 0.25) is 0 Å². The Morgan fingerprint density at radius 2 is 1.82 bits per heavy atom. The van der Waals surface area contributed by atoms with Crippen molar-refractivity contribution in [3.05, 3.63) is 23.3 Å². The maximum Gasteiger partial charge on any atom is 0.251 e. The topological polar surface area (TPSA) is 119 Å². The van der Waals surface area contributed by atoms with Gasteiger partial charge in [0.05, 0.1) is 5.52 Å². The Bertz CT molecular complexity index is 934. The second-order valence-corrected chi connectivity index (χ2v) is 6.96. The molecule has 1 aromatic heterocycles. The van der Waals surface area contributed by atoms with Crippen LogP contribution in [0.1, 0.15) is 33.6 Å². The molecule has 1 aromatic carbocycles. The molecule has 0 bridgehead atoms. The average Bonchev–Trinajstić information content (AvgIpc) is 3.27. The van der Waals surface area contributed by atoms with Gasteiger partial charge in [-0.15, -0.1) is 0 Å². The van der Waals surface area contributed by atoms with Gasteiger partial charge in [0.1, 0.15) is 11.9 Å². The van der Waals surface area contributed by atoms with Gasteiger partial charge in [0.25, 0.3) is 5.91 Å². The fourth-order valence-corrected chi connectivity index (χ4v) is 3.67. The number of rotatable bonds is 4. The van der Waals surface area contributed by atoms with E-state index in [-0.39, 0.29) is 29.0 Å². The van der Waals surface area contributed by atoms with Gasteiger partial charge in [-0.2, -0.15) is 4.98 Å². The number of aldehydes is 2. The summed E-state index contributed by atoms with van der Waals surface area (Å²) in [5.41, 5.74) is 7.10. The molecule has 9 nitrogen and oxygen atoms in total. The van der Waals surface area contributed by atoms with Crippen molar-refractivity contribution in [2.75, 3.05) is 43.4 Å². The first kappa shape index (κ1) is 18.3. The molecular weight excluding hydrogens is 362 g/mol. The van der Waals surface area contributed by atoms with Gasteiger partial charge in [-0.25, -0.2) is 4.98 Å². The fourth-order valence-electron chi connectivity index (χ4n) is 3.67. The van der Waals surface area contributed by atoms with E-state index in [1.807, 2.05) is 9.80 Å². The van der Waals surface area contributed by atoms with Crippen LogP contribution >= 0.6 is 0 Å². The Balaban J connectivity index is 1.54. The summed E-state index contributed by atoms with van der Waals surface area (Å²) in [6, 6.07) is 3.08. The third kappa shape index (κ3) is 3.29. The van der Waals surface area contributed by atoms with Gasteiger partial charge in [-0.3, -0.25) is 14.4 Å². The van der Waals surface area contributed by atoms with E-state index in [0.29, 0.717) is 62.2 Å². The zero-order valence-corrected chi connectivity index (χ0v) is 15.3. The Hall–Kier alpha value is -3.07. The minimum atomic E-state index is -0.312. The van der Waals surface area contributed by atoms with E-state index in [9.17, 15) is 14.4 Å². The second-order valence-electron chi connectivity index (χ2n) is 6.96. The maximum atomic E-state index is 12.5. The van der Waals surface area contributed by atoms with Crippen molar-refractivity contribution in [3.8, 4) is 0 Å². The predicted molar refractivity (Wildman–Crippen MR) is 102 cm³/mol. The molecule has 2 aliphatic rings. The van der Waals surface area contributed by atoms with E-state index in [2.05, 4.69) is 9.97 Å². The molecule has 9 heteroatoms. The van der Waals surface area contributed by atoms with Gasteiger partial charge in [0, 0.05) is 49.3 Å². The van der Waals surface area contributed by atoms with Crippen molar-refractivity contribution in [2.24, 2.45) is 0 Å². The van der Waals surface area contributed by atoms with E-state index in [4.69, 9.17) is 10.5 Å². The molecule has 1 unspecified atom stereocenters. The number of piperazine rings is 1. The summed E-state index contributed by atoms with van der Waals surface area (Å²) >= 11 is 0. The minimum absolute atomic E-state index is 0.0492. The third-order valence-electron chi connectivity index (χ3n) is 5.25. The number of nitrogen functional groups attached to an aromatic ring is 1. The standard InChI is InChI=1S/C19H21N5O4/c20-17-14-8-12(10-25)13(11-26)9-15(14)21-19(22-17)24-5-3-23(4-6-24)18(27)16-2-1-7-28-16/h8-11,16H,1-7H2,(H2,20,21,22). The zero-order valence-electron chi connectivity index (χ0n) is 15.3. The SMILES string of the molecule is Nc1nc(N2CCN(C(=O)C3CCCO3)CC2)nc2cc(C=O)c(C=O)cc12. The highest BCUT2D eigenvalue weighted by Gasteiger charge is 2.31. The van der Waals surface area contributed by atoms with Crippen molar-refractivity contribution < 1.29 is 19.1 Å². The summed E-state index contributed by atoms with van der Waals surface area (Å²) in [6.07, 6.45) is 2.63. The van der Waals surface area contributed by atoms with Gasteiger partial charge >= 0.3 is 0 Å². The largest absolute Gasteiger partial charge is 0.383 e. The number of carbonyl (C=O) groups excluding carboxylic acids is 3. The van der Waals surface area contributed by atoms with E-state index < -0.39 is 0 Å². The molecule has 1 atom stereocenters. The van der Waals surface area contributed by atoms with Crippen LogP contribution in [0.25, 0.3) is 10.9 Å². The summed E-state index contributed by atoms with van der Waals surface area (Å²) in [6.45, 7) is 2.93. The van der Waals surface area contributed by atoms with E-state index >= 15 is 0 Å². The highest BCUT2D eigenvalue weighted by molar-refractivity contribution is 6.00. The molecule has 0 radical (unpaired) electrons. The highest BCUT2D eigenvalue weighted by Crippen LogP contribution is 2.25. The molecule has 2 fully saturated rings. The molecule has 0 spiro atoms. The average molecular weight is 383 g/mol. The molecule has 1 amide bonds. The highest BCUT2D eigenvalue weighted by atomic mass is 16.5. The second kappa shape index (κ2) is 7.51. The van der Waals surface area contributed by atoms with Gasteiger partial charge in [-0.05, 0) is 25.0 Å². The predicted octanol–water partition coefficient (Wildman–Crippen LogP) is 0.665. The molecule has 2 N–H and O–H groups in total. The summed E-state index contributed by atoms with van der Waals surface area (Å²) in [5.74, 6) is 0.747. The van der Waals surface area contributed by atoms with Crippen molar-refractivity contribution in [2.45, 2.75) is 18.9 Å². The first-order chi connectivity index (χ1) is 13.6. The van der Waals surface area contributed by atoms with Crippen LogP contribution in [0.5, 0.6) is 0 Å². The van der Waals surface area contributed by atoms with E-state index in [1.54, 1.807) is 6.07 Å². The van der Waals surface area contributed by atoms with Gasteiger partial charge in [0.15, 0.2) is 12.6 Å². The first-order valence-corrected chi connectivity index (χ1v) is 9.27. The number of nitrogens with two attached hydrogens (primary N) is 1. The number of amides is 1. The minimum Gasteiger partial charge on any atom is -0.383 e. The monoisotopic (exact) mass is 383 g/mol. The summed E-state index contributed by atoms with van der Waals surface area (Å²) in [7, 11) is 0. The number of ether oxygens (including phenoxy) is 1. The van der Waals surface area contributed by atoms with Gasteiger partial charge < -0.3 is 20.3 Å². The first-order valence-electron chi connectivity index (χ1n) is 9.27. The zero-order chi connectivity index (χ0) is 19.7. The lowest BCUT2D eigenvalue weighted by Crippen LogP contribution is -2.51. The molecule has 4 rings (SSSR count). The van der Waals surface area contributed by atoms with E-state index in [0.717, 1.165) is 12.8 Å². The van der Waals surface area contributed by atoms with Gasteiger partial charge in [-0.1, -0.05) is 0 Å². The van der Waals surface area contributed by atoms with Crippen LogP contribution in [0.4, 0.5) is 11.8 Å². The van der Waals surface area contributed by atoms with Crippen molar-refractivity contribution >= 4 is 41.1 Å². The fraction of sp³-hybridized carbons (Fsp3) is 0.421.